The molecule has 0 aliphatic carbocycles. The summed E-state index contributed by atoms with van der Waals surface area (Å²) in [4.78, 5) is 12.5. The molecule has 0 aromatic heterocycles. The highest BCUT2D eigenvalue weighted by Gasteiger charge is 2.12. The third-order valence-electron chi connectivity index (χ3n) is 3.38. The molecule has 0 radical (unpaired) electrons. The largest absolute Gasteiger partial charge is 0.496 e. The molecule has 0 saturated carbocycles. The molecule has 0 spiro atoms. The van der Waals surface area contributed by atoms with Crippen molar-refractivity contribution in [3.05, 3.63) is 72.3 Å². The third kappa shape index (κ3) is 2.58. The van der Waals surface area contributed by atoms with Gasteiger partial charge in [-0.3, -0.25) is 4.79 Å². The molecule has 0 aliphatic rings. The predicted molar refractivity (Wildman–Crippen MR) is 84.9 cm³/mol. The Kier molecular flexibility index (Phi) is 3.56. The summed E-state index contributed by atoms with van der Waals surface area (Å²) < 4.78 is 5.35. The van der Waals surface area contributed by atoms with E-state index in [9.17, 15) is 4.79 Å². The second-order valence-corrected chi connectivity index (χ2v) is 4.68. The Bertz CT molecular complexity index is 782. The number of amides is 1. The molecule has 3 heteroatoms. The van der Waals surface area contributed by atoms with Gasteiger partial charge in [-0.25, -0.2) is 0 Å². The van der Waals surface area contributed by atoms with Gasteiger partial charge in [-0.1, -0.05) is 42.5 Å². The number of hydrogen-bond donors (Lipinski definition) is 1. The van der Waals surface area contributed by atoms with E-state index >= 15 is 0 Å². The fourth-order valence-corrected chi connectivity index (χ4v) is 2.37. The summed E-state index contributed by atoms with van der Waals surface area (Å²) >= 11 is 0. The number of methoxy groups -OCH3 is 1. The molecular formula is C18H15NO2. The van der Waals surface area contributed by atoms with E-state index in [0.29, 0.717) is 5.56 Å². The van der Waals surface area contributed by atoms with E-state index < -0.39 is 0 Å². The summed E-state index contributed by atoms with van der Waals surface area (Å²) in [5, 5.41) is 4.72. The van der Waals surface area contributed by atoms with Crippen LogP contribution in [0, 0.1) is 0 Å². The Morgan fingerprint density at radius 3 is 2.24 bits per heavy atom. The fourth-order valence-electron chi connectivity index (χ4n) is 2.37. The standard InChI is InChI=1S/C18H15NO2/c1-21-17-12-11-16(14-9-5-6-10-15(14)17)18(20)19-13-7-3-2-4-8-13/h2-12H,1H3,(H,19,20). The number of carbonyl (C=O) groups is 1. The maximum absolute atomic E-state index is 12.5. The van der Waals surface area contributed by atoms with E-state index in [4.69, 9.17) is 4.74 Å². The summed E-state index contributed by atoms with van der Waals surface area (Å²) in [5.41, 5.74) is 1.41. The molecule has 0 saturated heterocycles. The van der Waals surface area contributed by atoms with Gasteiger partial charge in [0, 0.05) is 16.6 Å². The molecule has 104 valence electrons. The van der Waals surface area contributed by atoms with Gasteiger partial charge in [-0.2, -0.15) is 0 Å². The summed E-state index contributed by atoms with van der Waals surface area (Å²) in [6.45, 7) is 0. The summed E-state index contributed by atoms with van der Waals surface area (Å²) in [5.74, 6) is 0.641. The van der Waals surface area contributed by atoms with Gasteiger partial charge in [-0.15, -0.1) is 0 Å². The van der Waals surface area contributed by atoms with Gasteiger partial charge in [0.05, 0.1) is 7.11 Å². The molecule has 1 N–H and O–H groups in total. The van der Waals surface area contributed by atoms with E-state index in [1.54, 1.807) is 13.2 Å². The van der Waals surface area contributed by atoms with Crippen molar-refractivity contribution in [3.8, 4) is 5.75 Å². The lowest BCUT2D eigenvalue weighted by Crippen LogP contribution is -2.12. The number of ether oxygens (including phenoxy) is 1. The second-order valence-electron chi connectivity index (χ2n) is 4.68. The molecule has 0 atom stereocenters. The second kappa shape index (κ2) is 5.67. The molecule has 0 unspecified atom stereocenters. The number of rotatable bonds is 3. The van der Waals surface area contributed by atoms with Crippen molar-refractivity contribution in [3.63, 3.8) is 0 Å². The van der Waals surface area contributed by atoms with Gasteiger partial charge in [-0.05, 0) is 29.7 Å². The SMILES string of the molecule is COc1ccc(C(=O)Nc2ccccc2)c2ccccc12. The van der Waals surface area contributed by atoms with E-state index in [2.05, 4.69) is 5.32 Å². The van der Waals surface area contributed by atoms with Crippen molar-refractivity contribution in [1.82, 2.24) is 0 Å². The van der Waals surface area contributed by atoms with Gasteiger partial charge >= 0.3 is 0 Å². The van der Waals surface area contributed by atoms with Crippen LogP contribution in [0.3, 0.4) is 0 Å². The summed E-state index contributed by atoms with van der Waals surface area (Å²) in [6.07, 6.45) is 0. The average molecular weight is 277 g/mol. The zero-order valence-electron chi connectivity index (χ0n) is 11.7. The Hall–Kier alpha value is -2.81. The molecule has 0 bridgehead atoms. The molecule has 3 nitrogen and oxygen atoms in total. The molecular weight excluding hydrogens is 262 g/mol. The number of carbonyl (C=O) groups excluding carboxylic acids is 1. The number of fused-ring (bicyclic) bond motifs is 1. The van der Waals surface area contributed by atoms with Crippen molar-refractivity contribution >= 4 is 22.4 Å². The first-order valence-corrected chi connectivity index (χ1v) is 6.72. The van der Waals surface area contributed by atoms with E-state index in [0.717, 1.165) is 22.2 Å². The highest BCUT2D eigenvalue weighted by Crippen LogP contribution is 2.28. The zero-order chi connectivity index (χ0) is 14.7. The first-order valence-electron chi connectivity index (χ1n) is 6.72. The van der Waals surface area contributed by atoms with Crippen molar-refractivity contribution in [2.75, 3.05) is 12.4 Å². The van der Waals surface area contributed by atoms with Crippen LogP contribution in [0.25, 0.3) is 10.8 Å². The first-order chi connectivity index (χ1) is 10.3. The Morgan fingerprint density at radius 2 is 1.52 bits per heavy atom. The van der Waals surface area contributed by atoms with Gasteiger partial charge in [0.15, 0.2) is 0 Å². The van der Waals surface area contributed by atoms with Crippen LogP contribution in [-0.4, -0.2) is 13.0 Å². The topological polar surface area (TPSA) is 38.3 Å². The van der Waals surface area contributed by atoms with Crippen LogP contribution >= 0.6 is 0 Å². The molecule has 3 aromatic carbocycles. The van der Waals surface area contributed by atoms with E-state index in [-0.39, 0.29) is 5.91 Å². The summed E-state index contributed by atoms with van der Waals surface area (Å²) in [6, 6.07) is 20.8. The lowest BCUT2D eigenvalue weighted by molar-refractivity contribution is 0.102. The number of benzene rings is 3. The highest BCUT2D eigenvalue weighted by atomic mass is 16.5. The molecule has 21 heavy (non-hydrogen) atoms. The molecule has 3 aromatic rings. The quantitative estimate of drug-likeness (QED) is 0.782. The first kappa shape index (κ1) is 13.2. The number of anilines is 1. The highest BCUT2D eigenvalue weighted by molar-refractivity contribution is 6.13. The van der Waals surface area contributed by atoms with Crippen LogP contribution in [0.4, 0.5) is 5.69 Å². The predicted octanol–water partition coefficient (Wildman–Crippen LogP) is 4.10. The lowest BCUT2D eigenvalue weighted by atomic mass is 10.0. The maximum Gasteiger partial charge on any atom is 0.256 e. The minimum atomic E-state index is -0.125. The van der Waals surface area contributed by atoms with Crippen LogP contribution in [-0.2, 0) is 0 Å². The number of para-hydroxylation sites is 1. The molecule has 0 aliphatic heterocycles. The number of nitrogens with one attached hydrogen (secondary N) is 1. The normalized spacial score (nSPS) is 10.3. The van der Waals surface area contributed by atoms with Gasteiger partial charge in [0.25, 0.3) is 5.91 Å². The van der Waals surface area contributed by atoms with Crippen molar-refractivity contribution < 1.29 is 9.53 Å². The Labute approximate surface area is 123 Å². The van der Waals surface area contributed by atoms with Crippen LogP contribution in [0.5, 0.6) is 5.75 Å². The molecule has 0 heterocycles. The van der Waals surface area contributed by atoms with Crippen molar-refractivity contribution in [2.45, 2.75) is 0 Å². The maximum atomic E-state index is 12.5. The van der Waals surface area contributed by atoms with Gasteiger partial charge in [0.1, 0.15) is 5.75 Å². The van der Waals surface area contributed by atoms with E-state index in [1.165, 1.54) is 0 Å². The molecule has 3 rings (SSSR count). The van der Waals surface area contributed by atoms with Crippen LogP contribution in [0.15, 0.2) is 66.7 Å². The summed E-state index contributed by atoms with van der Waals surface area (Å²) in [7, 11) is 1.63. The zero-order valence-corrected chi connectivity index (χ0v) is 11.7. The van der Waals surface area contributed by atoms with E-state index in [1.807, 2.05) is 60.7 Å². The fraction of sp³-hybridized carbons (Fsp3) is 0.0556. The van der Waals surface area contributed by atoms with Gasteiger partial charge < -0.3 is 10.1 Å². The minimum absolute atomic E-state index is 0.125. The Balaban J connectivity index is 2.03. The van der Waals surface area contributed by atoms with Crippen molar-refractivity contribution in [1.29, 1.82) is 0 Å². The lowest BCUT2D eigenvalue weighted by Gasteiger charge is -2.11. The van der Waals surface area contributed by atoms with Crippen LogP contribution in [0.2, 0.25) is 0 Å². The molecule has 1 amide bonds. The van der Waals surface area contributed by atoms with Gasteiger partial charge in [0.2, 0.25) is 0 Å². The smallest absolute Gasteiger partial charge is 0.256 e. The number of hydrogen-bond acceptors (Lipinski definition) is 2. The van der Waals surface area contributed by atoms with Crippen LogP contribution < -0.4 is 10.1 Å². The Morgan fingerprint density at radius 1 is 0.857 bits per heavy atom. The van der Waals surface area contributed by atoms with Crippen LogP contribution in [0.1, 0.15) is 10.4 Å². The van der Waals surface area contributed by atoms with Crippen molar-refractivity contribution in [2.24, 2.45) is 0 Å². The third-order valence-corrected chi connectivity index (χ3v) is 3.38. The minimum Gasteiger partial charge on any atom is -0.496 e. The monoisotopic (exact) mass is 277 g/mol. The average Bonchev–Trinajstić information content (AvgIpc) is 2.54. The molecule has 0 fully saturated rings.